The van der Waals surface area contributed by atoms with Gasteiger partial charge in [-0.25, -0.2) is 9.97 Å². The van der Waals surface area contributed by atoms with Gasteiger partial charge in [0.25, 0.3) is 0 Å². The van der Waals surface area contributed by atoms with E-state index in [0.29, 0.717) is 11.2 Å². The Morgan fingerprint density at radius 2 is 2.35 bits per heavy atom. The van der Waals surface area contributed by atoms with Crippen LogP contribution < -0.4 is 11.1 Å². The van der Waals surface area contributed by atoms with Crippen molar-refractivity contribution in [3.8, 4) is 0 Å². The highest BCUT2D eigenvalue weighted by Crippen LogP contribution is 2.18. The molecule has 0 aromatic carbocycles. The first-order chi connectivity index (χ1) is 8.29. The van der Waals surface area contributed by atoms with Crippen LogP contribution in [0.15, 0.2) is 17.0 Å². The van der Waals surface area contributed by atoms with E-state index in [9.17, 15) is 0 Å². The molecule has 4 nitrogen and oxygen atoms in total. The molecule has 0 aliphatic carbocycles. The maximum Gasteiger partial charge on any atom is 0.180 e. The SMILES string of the molecule is CCC(NCCc1csc(N)n1)c1nccs1. The Bertz CT molecular complexity index is 438. The lowest BCUT2D eigenvalue weighted by Gasteiger charge is -2.13. The molecule has 1 unspecified atom stereocenters. The molecule has 0 saturated carbocycles. The second-order valence-corrected chi connectivity index (χ2v) is 5.53. The molecule has 0 bridgehead atoms. The number of thiazole rings is 2. The molecule has 0 fully saturated rings. The largest absolute Gasteiger partial charge is 0.375 e. The zero-order chi connectivity index (χ0) is 12.1. The average molecular weight is 268 g/mol. The van der Waals surface area contributed by atoms with Crippen LogP contribution in [0.2, 0.25) is 0 Å². The van der Waals surface area contributed by atoms with Crippen LogP contribution in [0.25, 0.3) is 0 Å². The van der Waals surface area contributed by atoms with E-state index >= 15 is 0 Å². The quantitative estimate of drug-likeness (QED) is 0.844. The Labute approximate surface area is 109 Å². The van der Waals surface area contributed by atoms with E-state index in [1.54, 1.807) is 11.3 Å². The van der Waals surface area contributed by atoms with Gasteiger partial charge in [0.05, 0.1) is 11.7 Å². The number of hydrogen-bond donors (Lipinski definition) is 2. The number of hydrogen-bond acceptors (Lipinski definition) is 6. The van der Waals surface area contributed by atoms with E-state index in [0.717, 1.165) is 30.1 Å². The van der Waals surface area contributed by atoms with Gasteiger partial charge in [-0.3, -0.25) is 0 Å². The van der Waals surface area contributed by atoms with Crippen molar-refractivity contribution in [2.75, 3.05) is 12.3 Å². The maximum atomic E-state index is 5.59. The summed E-state index contributed by atoms with van der Waals surface area (Å²) in [4.78, 5) is 8.58. The van der Waals surface area contributed by atoms with Gasteiger partial charge >= 0.3 is 0 Å². The van der Waals surface area contributed by atoms with Gasteiger partial charge in [0, 0.05) is 29.9 Å². The molecule has 2 rings (SSSR count). The number of nitrogens with two attached hydrogens (primary N) is 1. The molecule has 0 spiro atoms. The normalized spacial score (nSPS) is 12.8. The zero-order valence-corrected chi connectivity index (χ0v) is 11.4. The fourth-order valence-electron chi connectivity index (χ4n) is 1.62. The third-order valence-corrected chi connectivity index (χ3v) is 4.11. The molecule has 17 heavy (non-hydrogen) atoms. The molecule has 92 valence electrons. The van der Waals surface area contributed by atoms with Gasteiger partial charge in [-0.15, -0.1) is 22.7 Å². The Kier molecular flexibility index (Phi) is 4.47. The Morgan fingerprint density at radius 3 is 2.94 bits per heavy atom. The van der Waals surface area contributed by atoms with Crippen LogP contribution in [0.5, 0.6) is 0 Å². The van der Waals surface area contributed by atoms with Crippen molar-refractivity contribution in [1.82, 2.24) is 15.3 Å². The van der Waals surface area contributed by atoms with Crippen molar-refractivity contribution in [3.63, 3.8) is 0 Å². The molecular weight excluding hydrogens is 252 g/mol. The highest BCUT2D eigenvalue weighted by Gasteiger charge is 2.10. The van der Waals surface area contributed by atoms with Crippen LogP contribution >= 0.6 is 22.7 Å². The standard InChI is InChI=1S/C11H16N4S2/c1-2-9(10-14-5-6-16-10)13-4-3-8-7-17-11(12)15-8/h5-7,9,13H,2-4H2,1H3,(H2,12,15). The molecule has 0 aliphatic heterocycles. The maximum absolute atomic E-state index is 5.59. The lowest BCUT2D eigenvalue weighted by Crippen LogP contribution is -2.23. The molecule has 1 atom stereocenters. The highest BCUT2D eigenvalue weighted by molar-refractivity contribution is 7.13. The van der Waals surface area contributed by atoms with Gasteiger partial charge in [0.1, 0.15) is 5.01 Å². The highest BCUT2D eigenvalue weighted by atomic mass is 32.1. The number of anilines is 1. The smallest absolute Gasteiger partial charge is 0.180 e. The van der Waals surface area contributed by atoms with Crippen molar-refractivity contribution in [2.24, 2.45) is 0 Å². The van der Waals surface area contributed by atoms with E-state index in [4.69, 9.17) is 5.73 Å². The topological polar surface area (TPSA) is 63.8 Å². The fraction of sp³-hybridized carbons (Fsp3) is 0.455. The minimum Gasteiger partial charge on any atom is -0.375 e. The molecule has 2 aromatic heterocycles. The number of nitrogen functional groups attached to an aromatic ring is 1. The molecule has 2 heterocycles. The molecule has 0 aliphatic rings. The van der Waals surface area contributed by atoms with Crippen molar-refractivity contribution in [1.29, 1.82) is 0 Å². The monoisotopic (exact) mass is 268 g/mol. The minimum absolute atomic E-state index is 0.353. The Balaban J connectivity index is 1.81. The number of nitrogens with zero attached hydrogens (tertiary/aromatic N) is 2. The number of aromatic nitrogens is 2. The number of nitrogens with one attached hydrogen (secondary N) is 1. The summed E-state index contributed by atoms with van der Waals surface area (Å²) in [7, 11) is 0. The first-order valence-corrected chi connectivity index (χ1v) is 7.38. The fourth-order valence-corrected chi connectivity index (χ4v) is 3.02. The lowest BCUT2D eigenvalue weighted by molar-refractivity contribution is 0.519. The Hall–Kier alpha value is -0.980. The average Bonchev–Trinajstić information content (AvgIpc) is 2.96. The van der Waals surface area contributed by atoms with Gasteiger partial charge < -0.3 is 11.1 Å². The van der Waals surface area contributed by atoms with Crippen LogP contribution in [0, 0.1) is 0 Å². The summed E-state index contributed by atoms with van der Waals surface area (Å²) in [5.74, 6) is 0. The molecule has 0 radical (unpaired) electrons. The molecule has 3 N–H and O–H groups in total. The summed E-state index contributed by atoms with van der Waals surface area (Å²) in [6, 6.07) is 0.353. The molecule has 2 aromatic rings. The van der Waals surface area contributed by atoms with Crippen LogP contribution in [-0.2, 0) is 6.42 Å². The van der Waals surface area contributed by atoms with Crippen molar-refractivity contribution < 1.29 is 0 Å². The van der Waals surface area contributed by atoms with Gasteiger partial charge in [-0.05, 0) is 6.42 Å². The van der Waals surface area contributed by atoms with Gasteiger partial charge in [-0.1, -0.05) is 6.92 Å². The predicted octanol–water partition coefficient (Wildman–Crippen LogP) is 2.47. The summed E-state index contributed by atoms with van der Waals surface area (Å²) in [5.41, 5.74) is 6.66. The second-order valence-electron chi connectivity index (χ2n) is 3.71. The van der Waals surface area contributed by atoms with E-state index in [1.165, 1.54) is 11.3 Å². The Morgan fingerprint density at radius 1 is 1.47 bits per heavy atom. The summed E-state index contributed by atoms with van der Waals surface area (Å²) in [5, 5.41) is 9.33. The van der Waals surface area contributed by atoms with Crippen LogP contribution in [-0.4, -0.2) is 16.5 Å². The van der Waals surface area contributed by atoms with Crippen molar-refractivity contribution in [2.45, 2.75) is 25.8 Å². The minimum atomic E-state index is 0.353. The van der Waals surface area contributed by atoms with Gasteiger partial charge in [-0.2, -0.15) is 0 Å². The van der Waals surface area contributed by atoms with Crippen molar-refractivity contribution in [3.05, 3.63) is 27.7 Å². The molecule has 0 amide bonds. The third-order valence-electron chi connectivity index (χ3n) is 2.50. The lowest BCUT2D eigenvalue weighted by atomic mass is 10.2. The second kappa shape index (κ2) is 6.09. The van der Waals surface area contributed by atoms with Crippen LogP contribution in [0.3, 0.4) is 0 Å². The van der Waals surface area contributed by atoms with E-state index < -0.39 is 0 Å². The first kappa shape index (κ1) is 12.5. The van der Waals surface area contributed by atoms with E-state index in [2.05, 4.69) is 22.2 Å². The molecule has 0 saturated heterocycles. The van der Waals surface area contributed by atoms with Crippen LogP contribution in [0.1, 0.15) is 30.1 Å². The summed E-state index contributed by atoms with van der Waals surface area (Å²) in [6.07, 6.45) is 3.81. The number of rotatable bonds is 6. The van der Waals surface area contributed by atoms with E-state index in [-0.39, 0.29) is 0 Å². The van der Waals surface area contributed by atoms with Crippen molar-refractivity contribution >= 4 is 27.8 Å². The molecular formula is C11H16N4S2. The molecule has 6 heteroatoms. The summed E-state index contributed by atoms with van der Waals surface area (Å²) in [6.45, 7) is 3.07. The van der Waals surface area contributed by atoms with Crippen LogP contribution in [0.4, 0.5) is 5.13 Å². The third kappa shape index (κ3) is 3.49. The van der Waals surface area contributed by atoms with Gasteiger partial charge in [0.15, 0.2) is 5.13 Å². The summed E-state index contributed by atoms with van der Waals surface area (Å²) >= 11 is 3.19. The zero-order valence-electron chi connectivity index (χ0n) is 9.72. The first-order valence-electron chi connectivity index (χ1n) is 5.62. The van der Waals surface area contributed by atoms with Gasteiger partial charge in [0.2, 0.25) is 0 Å². The predicted molar refractivity (Wildman–Crippen MR) is 73.4 cm³/mol. The van der Waals surface area contributed by atoms with E-state index in [1.807, 2.05) is 17.0 Å². The summed E-state index contributed by atoms with van der Waals surface area (Å²) < 4.78 is 0.